The smallest absolute Gasteiger partial charge is 0.103 e. The number of nitrogens with zero attached hydrogens (tertiary/aromatic N) is 1. The molecule has 0 aliphatic heterocycles. The third-order valence-electron chi connectivity index (χ3n) is 1.27. The second-order valence-corrected chi connectivity index (χ2v) is 2.24. The lowest BCUT2D eigenvalue weighted by molar-refractivity contribution is 0.888. The van der Waals surface area contributed by atoms with Crippen LogP contribution in [0.5, 0.6) is 0 Å². The third-order valence-corrected chi connectivity index (χ3v) is 1.27. The maximum atomic E-state index is 4.08. The lowest BCUT2D eigenvalue weighted by atomic mass is 10.3. The highest BCUT2D eigenvalue weighted by Gasteiger charge is 1.91. The first-order valence-corrected chi connectivity index (χ1v) is 3.33. The van der Waals surface area contributed by atoms with Gasteiger partial charge in [-0.1, -0.05) is 13.3 Å². The second-order valence-electron chi connectivity index (χ2n) is 2.24. The Labute approximate surface area is 78.5 Å². The van der Waals surface area contributed by atoms with E-state index >= 15 is 0 Å². The highest BCUT2D eigenvalue weighted by atomic mass is 127. The predicted molar refractivity (Wildman–Crippen MR) is 52.7 cm³/mol. The molecular weight excluding hydrogens is 239 g/mol. The molecule has 0 saturated carbocycles. The van der Waals surface area contributed by atoms with E-state index in [0.29, 0.717) is 0 Å². The van der Waals surface area contributed by atoms with Crippen LogP contribution in [0, 0.1) is 6.92 Å². The van der Waals surface area contributed by atoms with Crippen molar-refractivity contribution in [3.63, 3.8) is 0 Å². The summed E-state index contributed by atoms with van der Waals surface area (Å²) >= 11 is 0. The van der Waals surface area contributed by atoms with Crippen molar-refractivity contribution in [3.05, 3.63) is 17.7 Å². The summed E-state index contributed by atoms with van der Waals surface area (Å²) in [6, 6.07) is 0. The molecule has 0 aliphatic rings. The molecule has 1 aromatic rings. The van der Waals surface area contributed by atoms with E-state index in [9.17, 15) is 0 Å². The monoisotopic (exact) mass is 252 g/mol. The molecule has 10 heavy (non-hydrogen) atoms. The standard InChI is InChI=1S/C7H12N2.HI/c1-3-4-7-5-8-6(2)9-7;/h5H,3-4H2,1-2H3,(H,8,9);1H. The van der Waals surface area contributed by atoms with Gasteiger partial charge in [0.2, 0.25) is 0 Å². The van der Waals surface area contributed by atoms with Crippen LogP contribution in [0.3, 0.4) is 0 Å². The van der Waals surface area contributed by atoms with E-state index in [4.69, 9.17) is 0 Å². The van der Waals surface area contributed by atoms with Crippen molar-refractivity contribution in [3.8, 4) is 0 Å². The summed E-state index contributed by atoms with van der Waals surface area (Å²) < 4.78 is 0. The molecule has 0 amide bonds. The zero-order valence-corrected chi connectivity index (χ0v) is 8.68. The van der Waals surface area contributed by atoms with Crippen LogP contribution in [0.25, 0.3) is 0 Å². The number of aryl methyl sites for hydroxylation is 2. The third kappa shape index (κ3) is 2.68. The number of hydrogen-bond donors (Lipinski definition) is 1. The lowest BCUT2D eigenvalue weighted by Crippen LogP contribution is -1.81. The van der Waals surface area contributed by atoms with Crippen LogP contribution in [-0.2, 0) is 6.42 Å². The summed E-state index contributed by atoms with van der Waals surface area (Å²) in [5, 5.41) is 0. The quantitative estimate of drug-likeness (QED) is 0.804. The molecule has 0 aromatic carbocycles. The highest BCUT2D eigenvalue weighted by Crippen LogP contribution is 1.98. The minimum absolute atomic E-state index is 0. The molecule has 1 N–H and O–H groups in total. The topological polar surface area (TPSA) is 28.7 Å². The maximum Gasteiger partial charge on any atom is 0.103 e. The van der Waals surface area contributed by atoms with Crippen molar-refractivity contribution < 1.29 is 0 Å². The minimum Gasteiger partial charge on any atom is -0.346 e. The Bertz CT molecular complexity index is 183. The zero-order chi connectivity index (χ0) is 6.69. The molecule has 2 nitrogen and oxygen atoms in total. The van der Waals surface area contributed by atoms with Gasteiger partial charge in [0.05, 0.1) is 0 Å². The maximum absolute atomic E-state index is 4.08. The molecule has 0 atom stereocenters. The molecule has 1 rings (SSSR count). The first kappa shape index (κ1) is 9.94. The predicted octanol–water partition coefficient (Wildman–Crippen LogP) is 2.29. The van der Waals surface area contributed by atoms with Gasteiger partial charge >= 0.3 is 0 Å². The molecule has 0 spiro atoms. The van der Waals surface area contributed by atoms with Crippen molar-refractivity contribution in [2.24, 2.45) is 0 Å². The Balaban J connectivity index is 0.000000810. The highest BCUT2D eigenvalue weighted by molar-refractivity contribution is 14.0. The Morgan fingerprint density at radius 3 is 2.70 bits per heavy atom. The number of hydrogen-bond acceptors (Lipinski definition) is 1. The summed E-state index contributed by atoms with van der Waals surface area (Å²) in [7, 11) is 0. The fraction of sp³-hybridized carbons (Fsp3) is 0.571. The van der Waals surface area contributed by atoms with E-state index < -0.39 is 0 Å². The first-order chi connectivity index (χ1) is 4.33. The summed E-state index contributed by atoms with van der Waals surface area (Å²) in [6.07, 6.45) is 4.20. The molecule has 0 radical (unpaired) electrons. The molecule has 0 unspecified atom stereocenters. The van der Waals surface area contributed by atoms with Gasteiger partial charge in [0, 0.05) is 11.9 Å². The molecule has 58 valence electrons. The van der Waals surface area contributed by atoms with Crippen LogP contribution < -0.4 is 0 Å². The van der Waals surface area contributed by atoms with E-state index in [-0.39, 0.29) is 24.0 Å². The first-order valence-electron chi connectivity index (χ1n) is 3.33. The van der Waals surface area contributed by atoms with E-state index in [2.05, 4.69) is 16.9 Å². The van der Waals surface area contributed by atoms with E-state index in [1.165, 1.54) is 12.1 Å². The van der Waals surface area contributed by atoms with Crippen molar-refractivity contribution in [2.75, 3.05) is 0 Å². The van der Waals surface area contributed by atoms with Crippen LogP contribution in [0.1, 0.15) is 24.9 Å². The van der Waals surface area contributed by atoms with Crippen LogP contribution in [0.4, 0.5) is 0 Å². The number of imidazole rings is 1. The van der Waals surface area contributed by atoms with Crippen molar-refractivity contribution in [1.29, 1.82) is 0 Å². The average molecular weight is 252 g/mol. The lowest BCUT2D eigenvalue weighted by Gasteiger charge is -1.87. The van der Waals surface area contributed by atoms with Crippen LogP contribution >= 0.6 is 24.0 Å². The van der Waals surface area contributed by atoms with Gasteiger partial charge in [0.15, 0.2) is 0 Å². The van der Waals surface area contributed by atoms with Gasteiger partial charge in [-0.05, 0) is 13.3 Å². The number of nitrogens with one attached hydrogen (secondary N) is 1. The molecule has 1 aromatic heterocycles. The Morgan fingerprint density at radius 1 is 1.60 bits per heavy atom. The van der Waals surface area contributed by atoms with Gasteiger partial charge in [-0.3, -0.25) is 0 Å². The van der Waals surface area contributed by atoms with Crippen LogP contribution in [0.2, 0.25) is 0 Å². The minimum atomic E-state index is 0. The van der Waals surface area contributed by atoms with E-state index in [1.807, 2.05) is 13.1 Å². The molecule has 0 saturated heterocycles. The van der Waals surface area contributed by atoms with Crippen LogP contribution in [-0.4, -0.2) is 9.97 Å². The van der Waals surface area contributed by atoms with E-state index in [1.54, 1.807) is 0 Å². The van der Waals surface area contributed by atoms with Gasteiger partial charge in [0.25, 0.3) is 0 Å². The number of H-pyrrole nitrogens is 1. The molecule has 0 fully saturated rings. The summed E-state index contributed by atoms with van der Waals surface area (Å²) in [5.74, 6) is 1.01. The van der Waals surface area contributed by atoms with Gasteiger partial charge in [-0.2, -0.15) is 0 Å². The van der Waals surface area contributed by atoms with Crippen LogP contribution in [0.15, 0.2) is 6.20 Å². The fourth-order valence-corrected chi connectivity index (χ4v) is 0.868. The summed E-state index contributed by atoms with van der Waals surface area (Å²) in [4.78, 5) is 7.25. The van der Waals surface area contributed by atoms with Gasteiger partial charge < -0.3 is 4.98 Å². The molecule has 0 aliphatic carbocycles. The van der Waals surface area contributed by atoms with Crippen molar-refractivity contribution in [1.82, 2.24) is 9.97 Å². The SMILES string of the molecule is CCCc1cnc(C)[nH]1.I. The Kier molecular flexibility index (Phi) is 4.68. The normalized spacial score (nSPS) is 9.00. The van der Waals surface area contributed by atoms with Crippen molar-refractivity contribution >= 4 is 24.0 Å². The second kappa shape index (κ2) is 4.71. The number of rotatable bonds is 2. The van der Waals surface area contributed by atoms with Gasteiger partial charge in [0.1, 0.15) is 5.82 Å². The number of aromatic amines is 1. The molecular formula is C7H13IN2. The van der Waals surface area contributed by atoms with Gasteiger partial charge in [-0.25, -0.2) is 4.98 Å². The fourth-order valence-electron chi connectivity index (χ4n) is 0.868. The number of aromatic nitrogens is 2. The molecule has 1 heterocycles. The molecule has 0 bridgehead atoms. The largest absolute Gasteiger partial charge is 0.346 e. The summed E-state index contributed by atoms with van der Waals surface area (Å²) in [6.45, 7) is 4.13. The Hall–Kier alpha value is -0.0600. The van der Waals surface area contributed by atoms with E-state index in [0.717, 1.165) is 12.2 Å². The van der Waals surface area contributed by atoms with Gasteiger partial charge in [-0.15, -0.1) is 24.0 Å². The zero-order valence-electron chi connectivity index (χ0n) is 6.35. The molecule has 3 heteroatoms. The van der Waals surface area contributed by atoms with Crippen molar-refractivity contribution in [2.45, 2.75) is 26.7 Å². The number of halogens is 1. The summed E-state index contributed by atoms with van der Waals surface area (Å²) in [5.41, 5.74) is 1.25. The average Bonchev–Trinajstić information content (AvgIpc) is 2.17. The Morgan fingerprint density at radius 2 is 2.30 bits per heavy atom.